The minimum absolute atomic E-state index is 0.0339. The Kier molecular flexibility index (Phi) is 6.71. The first-order chi connectivity index (χ1) is 14.3. The zero-order valence-corrected chi connectivity index (χ0v) is 16.9. The summed E-state index contributed by atoms with van der Waals surface area (Å²) < 4.78 is 15.6. The summed E-state index contributed by atoms with van der Waals surface area (Å²) in [6.07, 6.45) is 2.50. The molecule has 0 saturated carbocycles. The van der Waals surface area contributed by atoms with Crippen molar-refractivity contribution in [2.75, 3.05) is 19.8 Å². The zero-order valence-electron chi connectivity index (χ0n) is 16.9. The van der Waals surface area contributed by atoms with Crippen molar-refractivity contribution in [3.63, 3.8) is 0 Å². The molecule has 0 bridgehead atoms. The van der Waals surface area contributed by atoms with E-state index in [0.29, 0.717) is 11.3 Å². The lowest BCUT2D eigenvalue weighted by Crippen LogP contribution is -2.41. The molecule has 3 rings (SSSR count). The van der Waals surface area contributed by atoms with Gasteiger partial charge in [-0.15, -0.1) is 0 Å². The van der Waals surface area contributed by atoms with E-state index in [1.807, 2.05) is 0 Å². The van der Waals surface area contributed by atoms with Crippen molar-refractivity contribution in [1.29, 1.82) is 0 Å². The lowest BCUT2D eigenvalue weighted by molar-refractivity contribution is -0.150. The lowest BCUT2D eigenvalue weighted by Gasteiger charge is -2.10. The molecule has 0 atom stereocenters. The monoisotopic (exact) mass is 416 g/mol. The predicted molar refractivity (Wildman–Crippen MR) is 107 cm³/mol. The summed E-state index contributed by atoms with van der Waals surface area (Å²) in [7, 11) is 0. The van der Waals surface area contributed by atoms with Gasteiger partial charge >= 0.3 is 11.6 Å². The molecular formula is C21H24N2O7. The molecule has 160 valence electrons. The molecule has 1 aromatic carbocycles. The number of amides is 2. The molecule has 0 fully saturated rings. The number of hydrogen-bond donors (Lipinski definition) is 2. The number of esters is 1. The van der Waals surface area contributed by atoms with E-state index in [-0.39, 0.29) is 24.1 Å². The van der Waals surface area contributed by atoms with E-state index in [9.17, 15) is 19.2 Å². The molecule has 2 aromatic rings. The standard InChI is InChI=1S/C21H24N2O7/c1-12(2)23-18(24)9-22-19(25)10-29-20(26)11-28-13-6-7-15-14-4-3-5-16(14)21(27)30-17(15)8-13/h6-8,12H,3-5,9-11H2,1-2H3,(H,22,25)(H,23,24). The number of aryl methyl sites for hydroxylation is 1. The smallest absolute Gasteiger partial charge is 0.344 e. The highest BCUT2D eigenvalue weighted by Gasteiger charge is 2.20. The van der Waals surface area contributed by atoms with Crippen LogP contribution in [0.2, 0.25) is 0 Å². The van der Waals surface area contributed by atoms with Crippen molar-refractivity contribution in [3.8, 4) is 5.75 Å². The van der Waals surface area contributed by atoms with Crippen LogP contribution in [0.1, 0.15) is 31.4 Å². The SMILES string of the molecule is CC(C)NC(=O)CNC(=O)COC(=O)COc1ccc2c3c(c(=O)oc2c1)CCC3. The van der Waals surface area contributed by atoms with Crippen LogP contribution in [0.5, 0.6) is 5.75 Å². The highest BCUT2D eigenvalue weighted by atomic mass is 16.6. The predicted octanol–water partition coefficient (Wildman–Crippen LogP) is 0.845. The topological polar surface area (TPSA) is 124 Å². The normalized spacial score (nSPS) is 12.5. The average molecular weight is 416 g/mol. The van der Waals surface area contributed by atoms with E-state index in [4.69, 9.17) is 13.9 Å². The quantitative estimate of drug-likeness (QED) is 0.483. The zero-order chi connectivity index (χ0) is 21.7. The third kappa shape index (κ3) is 5.37. The van der Waals surface area contributed by atoms with Gasteiger partial charge in [-0.2, -0.15) is 0 Å². The summed E-state index contributed by atoms with van der Waals surface area (Å²) in [5, 5.41) is 5.84. The van der Waals surface area contributed by atoms with Crippen LogP contribution < -0.4 is 21.0 Å². The van der Waals surface area contributed by atoms with Gasteiger partial charge in [0, 0.05) is 23.1 Å². The Balaban J connectivity index is 1.47. The number of rotatable bonds is 8. The maximum absolute atomic E-state index is 12.1. The summed E-state index contributed by atoms with van der Waals surface area (Å²) in [6.45, 7) is 2.48. The minimum Gasteiger partial charge on any atom is -0.482 e. The van der Waals surface area contributed by atoms with E-state index in [2.05, 4.69) is 10.6 Å². The average Bonchev–Trinajstić information content (AvgIpc) is 3.19. The molecule has 1 aliphatic carbocycles. The molecule has 0 radical (unpaired) electrons. The second kappa shape index (κ2) is 9.43. The van der Waals surface area contributed by atoms with Gasteiger partial charge in [-0.25, -0.2) is 9.59 Å². The van der Waals surface area contributed by atoms with Gasteiger partial charge in [0.05, 0.1) is 6.54 Å². The summed E-state index contributed by atoms with van der Waals surface area (Å²) in [5.74, 6) is -1.33. The lowest BCUT2D eigenvalue weighted by atomic mass is 10.1. The van der Waals surface area contributed by atoms with E-state index >= 15 is 0 Å². The summed E-state index contributed by atoms with van der Waals surface area (Å²) >= 11 is 0. The molecule has 1 heterocycles. The third-order valence-electron chi connectivity index (χ3n) is 4.56. The van der Waals surface area contributed by atoms with Crippen LogP contribution in [-0.4, -0.2) is 43.6 Å². The Morgan fingerprint density at radius 1 is 1.10 bits per heavy atom. The van der Waals surface area contributed by atoms with E-state index < -0.39 is 25.1 Å². The summed E-state index contributed by atoms with van der Waals surface area (Å²) in [4.78, 5) is 46.9. The fourth-order valence-electron chi connectivity index (χ4n) is 3.29. The second-order valence-corrected chi connectivity index (χ2v) is 7.31. The van der Waals surface area contributed by atoms with E-state index in [1.165, 1.54) is 0 Å². The van der Waals surface area contributed by atoms with Crippen LogP contribution >= 0.6 is 0 Å². The highest BCUT2D eigenvalue weighted by Crippen LogP contribution is 2.29. The Labute approximate surface area is 172 Å². The fraction of sp³-hybridized carbons (Fsp3) is 0.429. The number of fused-ring (bicyclic) bond motifs is 3. The van der Waals surface area contributed by atoms with Crippen LogP contribution in [0, 0.1) is 0 Å². The van der Waals surface area contributed by atoms with Gasteiger partial charge in [0.1, 0.15) is 11.3 Å². The first kappa shape index (κ1) is 21.4. The molecule has 1 aliphatic rings. The summed E-state index contributed by atoms with van der Waals surface area (Å²) in [5.41, 5.74) is 1.82. The van der Waals surface area contributed by atoms with Gasteiger partial charge in [0.2, 0.25) is 5.91 Å². The molecule has 30 heavy (non-hydrogen) atoms. The highest BCUT2D eigenvalue weighted by molar-refractivity contribution is 5.86. The van der Waals surface area contributed by atoms with Crippen LogP contribution in [0.15, 0.2) is 27.4 Å². The van der Waals surface area contributed by atoms with E-state index in [1.54, 1.807) is 32.0 Å². The first-order valence-electron chi connectivity index (χ1n) is 9.76. The number of ether oxygens (including phenoxy) is 2. The van der Waals surface area contributed by atoms with Gasteiger partial charge < -0.3 is 24.5 Å². The maximum atomic E-state index is 12.1. The van der Waals surface area contributed by atoms with Gasteiger partial charge in [0.15, 0.2) is 13.2 Å². The Morgan fingerprint density at radius 3 is 2.63 bits per heavy atom. The van der Waals surface area contributed by atoms with Crippen LogP contribution in [0.4, 0.5) is 0 Å². The summed E-state index contributed by atoms with van der Waals surface area (Å²) in [6, 6.07) is 5.02. The molecule has 0 saturated heterocycles. The molecule has 2 amide bonds. The number of carbonyl (C=O) groups is 3. The maximum Gasteiger partial charge on any atom is 0.344 e. The van der Waals surface area contributed by atoms with Gasteiger partial charge in [-0.05, 0) is 50.8 Å². The van der Waals surface area contributed by atoms with Crippen molar-refractivity contribution in [2.45, 2.75) is 39.2 Å². The molecule has 0 spiro atoms. The molecular weight excluding hydrogens is 392 g/mol. The number of hydrogen-bond acceptors (Lipinski definition) is 7. The number of carbonyl (C=O) groups excluding carboxylic acids is 3. The number of nitrogens with one attached hydrogen (secondary N) is 2. The minimum atomic E-state index is -0.743. The third-order valence-corrected chi connectivity index (χ3v) is 4.56. The molecule has 9 nitrogen and oxygen atoms in total. The molecule has 0 aliphatic heterocycles. The van der Waals surface area contributed by atoms with Gasteiger partial charge in [0.25, 0.3) is 5.91 Å². The largest absolute Gasteiger partial charge is 0.482 e. The molecule has 9 heteroatoms. The van der Waals surface area contributed by atoms with Gasteiger partial charge in [-0.1, -0.05) is 0 Å². The van der Waals surface area contributed by atoms with Crippen molar-refractivity contribution >= 4 is 28.8 Å². The van der Waals surface area contributed by atoms with Gasteiger partial charge in [-0.3, -0.25) is 9.59 Å². The van der Waals surface area contributed by atoms with E-state index in [0.717, 1.165) is 35.8 Å². The van der Waals surface area contributed by atoms with Crippen molar-refractivity contribution in [3.05, 3.63) is 39.7 Å². The molecule has 2 N–H and O–H groups in total. The van der Waals surface area contributed by atoms with Crippen LogP contribution in [0.25, 0.3) is 11.0 Å². The molecule has 1 aromatic heterocycles. The van der Waals surface area contributed by atoms with Crippen molar-refractivity contribution < 1.29 is 28.3 Å². The molecule has 0 unspecified atom stereocenters. The van der Waals surface area contributed by atoms with Crippen molar-refractivity contribution in [1.82, 2.24) is 10.6 Å². The second-order valence-electron chi connectivity index (χ2n) is 7.31. The number of benzene rings is 1. The Hall–Kier alpha value is -3.36. The van der Waals surface area contributed by atoms with Crippen LogP contribution in [-0.2, 0) is 32.0 Å². The first-order valence-corrected chi connectivity index (χ1v) is 9.76. The fourth-order valence-corrected chi connectivity index (χ4v) is 3.29. The Morgan fingerprint density at radius 2 is 1.87 bits per heavy atom. The van der Waals surface area contributed by atoms with Crippen molar-refractivity contribution in [2.24, 2.45) is 0 Å². The Bertz CT molecular complexity index is 1030. The van der Waals surface area contributed by atoms with Crippen LogP contribution in [0.3, 0.4) is 0 Å².